The minimum absolute atomic E-state index is 0.0431. The molecule has 1 saturated heterocycles. The van der Waals surface area contributed by atoms with Crippen molar-refractivity contribution in [3.63, 3.8) is 0 Å². The molecule has 0 aliphatic carbocycles. The molecule has 3 N–H and O–H groups in total. The van der Waals surface area contributed by atoms with E-state index in [0.29, 0.717) is 0 Å². The number of likely N-dealkylation sites (tertiary alicyclic amines) is 1. The van der Waals surface area contributed by atoms with Crippen LogP contribution in [0.4, 0.5) is 4.39 Å². The van der Waals surface area contributed by atoms with Gasteiger partial charge in [0.05, 0.1) is 10.6 Å². The average molecular weight is 331 g/mol. The Morgan fingerprint density at radius 3 is 2.74 bits per heavy atom. The number of β-amino-alcohol motifs (C(OH)–C–C–N with tert-alkyl or cyclic N) is 1. The van der Waals surface area contributed by atoms with Gasteiger partial charge in [0.25, 0.3) is 5.91 Å². The summed E-state index contributed by atoms with van der Waals surface area (Å²) >= 11 is 2.99. The van der Waals surface area contributed by atoms with Crippen molar-refractivity contribution in [2.75, 3.05) is 6.54 Å². The molecule has 0 radical (unpaired) electrons. The highest BCUT2D eigenvalue weighted by Gasteiger charge is 2.38. The van der Waals surface area contributed by atoms with Crippen molar-refractivity contribution in [3.05, 3.63) is 34.1 Å². The topological polar surface area (TPSA) is 83.6 Å². The fraction of sp³-hybridized carbons (Fsp3) is 0.333. The number of benzene rings is 1. The van der Waals surface area contributed by atoms with Crippen LogP contribution in [0.25, 0.3) is 0 Å². The number of aliphatic hydroxyl groups is 1. The molecule has 1 aromatic carbocycles. The Bertz CT molecular complexity index is 538. The lowest BCUT2D eigenvalue weighted by molar-refractivity contribution is -0.121. The molecule has 19 heavy (non-hydrogen) atoms. The van der Waals surface area contributed by atoms with Gasteiger partial charge < -0.3 is 15.7 Å². The van der Waals surface area contributed by atoms with Gasteiger partial charge in [0.15, 0.2) is 0 Å². The number of halogens is 2. The normalized spacial score (nSPS) is 22.6. The van der Waals surface area contributed by atoms with Gasteiger partial charge in [-0.15, -0.1) is 0 Å². The Kier molecular flexibility index (Phi) is 3.86. The fourth-order valence-electron chi connectivity index (χ4n) is 2.10. The Hall–Kier alpha value is -1.47. The summed E-state index contributed by atoms with van der Waals surface area (Å²) < 4.78 is 13.3. The van der Waals surface area contributed by atoms with Crippen molar-refractivity contribution >= 4 is 27.7 Å². The molecule has 0 aromatic heterocycles. The molecule has 2 unspecified atom stereocenters. The van der Waals surface area contributed by atoms with Gasteiger partial charge in [-0.2, -0.15) is 0 Å². The summed E-state index contributed by atoms with van der Waals surface area (Å²) in [6.07, 6.45) is -0.644. The minimum atomic E-state index is -0.827. The zero-order valence-electron chi connectivity index (χ0n) is 9.85. The predicted molar refractivity (Wildman–Crippen MR) is 68.7 cm³/mol. The molecule has 2 amide bonds. The fourth-order valence-corrected chi connectivity index (χ4v) is 2.48. The zero-order valence-corrected chi connectivity index (χ0v) is 11.4. The lowest BCUT2D eigenvalue weighted by Crippen LogP contribution is -2.43. The minimum Gasteiger partial charge on any atom is -0.391 e. The molecule has 0 spiro atoms. The van der Waals surface area contributed by atoms with E-state index in [4.69, 9.17) is 5.73 Å². The number of rotatable bonds is 2. The molecule has 5 nitrogen and oxygen atoms in total. The van der Waals surface area contributed by atoms with E-state index in [1.165, 1.54) is 17.0 Å². The number of carbonyl (C=O) groups excluding carboxylic acids is 2. The molecule has 1 aliphatic rings. The second-order valence-electron chi connectivity index (χ2n) is 4.39. The highest BCUT2D eigenvalue weighted by Crippen LogP contribution is 2.23. The first-order valence-corrected chi connectivity index (χ1v) is 6.43. The third kappa shape index (κ3) is 2.76. The highest BCUT2D eigenvalue weighted by molar-refractivity contribution is 9.10. The zero-order chi connectivity index (χ0) is 14.2. The molecular weight excluding hydrogens is 319 g/mol. The number of hydrogen-bond acceptors (Lipinski definition) is 3. The Morgan fingerprint density at radius 1 is 1.47 bits per heavy atom. The number of nitrogens with zero attached hydrogens (tertiary/aromatic N) is 1. The van der Waals surface area contributed by atoms with Crippen molar-refractivity contribution in [1.82, 2.24) is 4.90 Å². The van der Waals surface area contributed by atoms with Crippen LogP contribution >= 0.6 is 15.9 Å². The van der Waals surface area contributed by atoms with Gasteiger partial charge >= 0.3 is 0 Å². The van der Waals surface area contributed by atoms with E-state index in [9.17, 15) is 19.1 Å². The van der Waals surface area contributed by atoms with Crippen molar-refractivity contribution in [2.24, 2.45) is 5.73 Å². The van der Waals surface area contributed by atoms with Crippen LogP contribution < -0.4 is 5.73 Å². The SMILES string of the molecule is NC(=O)C1CC(O)CN1C(=O)c1ccc(F)c(Br)c1. The summed E-state index contributed by atoms with van der Waals surface area (Å²) in [5.41, 5.74) is 5.44. The third-order valence-electron chi connectivity index (χ3n) is 3.03. The summed E-state index contributed by atoms with van der Waals surface area (Å²) in [6, 6.07) is 2.99. The number of primary amides is 1. The number of nitrogens with two attached hydrogens (primary N) is 1. The van der Waals surface area contributed by atoms with E-state index in [0.717, 1.165) is 6.07 Å². The van der Waals surface area contributed by atoms with Crippen molar-refractivity contribution < 1.29 is 19.1 Å². The maximum absolute atomic E-state index is 13.1. The van der Waals surface area contributed by atoms with E-state index in [1.54, 1.807) is 0 Å². The molecule has 0 bridgehead atoms. The first kappa shape index (κ1) is 14.0. The van der Waals surface area contributed by atoms with E-state index in [1.807, 2.05) is 0 Å². The molecule has 1 aromatic rings. The van der Waals surface area contributed by atoms with Gasteiger partial charge in [0.1, 0.15) is 11.9 Å². The van der Waals surface area contributed by atoms with Crippen LogP contribution in [0.3, 0.4) is 0 Å². The Morgan fingerprint density at radius 2 is 2.16 bits per heavy atom. The number of amides is 2. The molecule has 102 valence electrons. The van der Waals surface area contributed by atoms with Crippen molar-refractivity contribution in [3.8, 4) is 0 Å². The first-order chi connectivity index (χ1) is 8.90. The molecule has 0 saturated carbocycles. The summed E-state index contributed by atoms with van der Waals surface area (Å²) in [5, 5.41) is 9.54. The van der Waals surface area contributed by atoms with Crippen LogP contribution in [0.15, 0.2) is 22.7 Å². The first-order valence-electron chi connectivity index (χ1n) is 5.63. The predicted octanol–water partition coefficient (Wildman–Crippen LogP) is 0.649. The van der Waals surface area contributed by atoms with Crippen LogP contribution in [-0.2, 0) is 4.79 Å². The number of aliphatic hydroxyl groups excluding tert-OH is 1. The van der Waals surface area contributed by atoms with Crippen LogP contribution in [-0.4, -0.2) is 40.5 Å². The van der Waals surface area contributed by atoms with Gasteiger partial charge in [-0.05, 0) is 34.1 Å². The molecule has 1 aliphatic heterocycles. The van der Waals surface area contributed by atoms with Crippen LogP contribution in [0.1, 0.15) is 16.8 Å². The average Bonchev–Trinajstić information content (AvgIpc) is 2.74. The smallest absolute Gasteiger partial charge is 0.254 e. The summed E-state index contributed by atoms with van der Waals surface area (Å²) in [7, 11) is 0. The van der Waals surface area contributed by atoms with Crippen molar-refractivity contribution in [1.29, 1.82) is 0 Å². The van der Waals surface area contributed by atoms with Crippen LogP contribution in [0.2, 0.25) is 0 Å². The highest BCUT2D eigenvalue weighted by atomic mass is 79.9. The van der Waals surface area contributed by atoms with Gasteiger partial charge in [-0.3, -0.25) is 9.59 Å². The summed E-state index contributed by atoms with van der Waals surface area (Å²) in [4.78, 5) is 24.7. The van der Waals surface area contributed by atoms with Gasteiger partial charge in [-0.25, -0.2) is 4.39 Å². The summed E-state index contributed by atoms with van der Waals surface area (Å²) in [5.74, 6) is -1.60. The van der Waals surface area contributed by atoms with E-state index in [2.05, 4.69) is 15.9 Å². The molecule has 2 rings (SSSR count). The van der Waals surface area contributed by atoms with Crippen LogP contribution in [0, 0.1) is 5.82 Å². The quantitative estimate of drug-likeness (QED) is 0.835. The summed E-state index contributed by atoms with van der Waals surface area (Å²) in [6.45, 7) is 0.0431. The third-order valence-corrected chi connectivity index (χ3v) is 3.64. The molecular formula is C12H12BrFN2O3. The number of carbonyl (C=O) groups is 2. The molecule has 1 heterocycles. The Labute approximate surface area is 117 Å². The molecule has 2 atom stereocenters. The standard InChI is InChI=1S/C12H12BrFN2O3/c13-8-3-6(1-2-9(8)14)12(19)16-5-7(17)4-10(16)11(15)18/h1-3,7,10,17H,4-5H2,(H2,15,18). The maximum Gasteiger partial charge on any atom is 0.254 e. The van der Waals surface area contributed by atoms with Crippen molar-refractivity contribution in [2.45, 2.75) is 18.6 Å². The lowest BCUT2D eigenvalue weighted by Gasteiger charge is -2.22. The number of hydrogen-bond donors (Lipinski definition) is 2. The largest absolute Gasteiger partial charge is 0.391 e. The van der Waals surface area contributed by atoms with E-state index in [-0.39, 0.29) is 23.0 Å². The van der Waals surface area contributed by atoms with E-state index < -0.39 is 29.8 Å². The Balaban J connectivity index is 2.27. The maximum atomic E-state index is 13.1. The lowest BCUT2D eigenvalue weighted by atomic mass is 10.1. The van der Waals surface area contributed by atoms with Gasteiger partial charge in [0.2, 0.25) is 5.91 Å². The van der Waals surface area contributed by atoms with E-state index >= 15 is 0 Å². The van der Waals surface area contributed by atoms with Gasteiger partial charge in [-0.1, -0.05) is 0 Å². The molecule has 1 fully saturated rings. The molecule has 7 heteroatoms. The monoisotopic (exact) mass is 330 g/mol. The second kappa shape index (κ2) is 5.26. The van der Waals surface area contributed by atoms with Gasteiger partial charge in [0, 0.05) is 18.5 Å². The second-order valence-corrected chi connectivity index (χ2v) is 5.25. The van der Waals surface area contributed by atoms with Crippen LogP contribution in [0.5, 0.6) is 0 Å².